The smallest absolute Gasteiger partial charge is 0.248 e. The van der Waals surface area contributed by atoms with E-state index in [1.165, 1.54) is 3.97 Å². The topological polar surface area (TPSA) is 39.1 Å². The van der Waals surface area contributed by atoms with Gasteiger partial charge in [-0.3, -0.25) is 0 Å². The molecule has 0 aliphatic heterocycles. The van der Waals surface area contributed by atoms with Crippen LogP contribution in [-0.2, 0) is 10.0 Å². The minimum Gasteiger partial charge on any atom is -0.248 e. The maximum absolute atomic E-state index is 12.7. The Bertz CT molecular complexity index is 937. The van der Waals surface area contributed by atoms with E-state index in [1.54, 1.807) is 42.7 Å². The second-order valence-electron chi connectivity index (χ2n) is 5.39. The van der Waals surface area contributed by atoms with Crippen molar-refractivity contribution >= 4 is 15.6 Å². The average Bonchev–Trinajstić information content (AvgIpc) is 3.06. The van der Waals surface area contributed by atoms with Gasteiger partial charge in [0.25, 0.3) is 10.0 Å². The SMILES string of the molecule is C=C(c1ccccc1)c1ccn(S(=O)(=O)c2ccc(C)cc2)c1. The van der Waals surface area contributed by atoms with Gasteiger partial charge in [-0.15, -0.1) is 0 Å². The highest BCUT2D eigenvalue weighted by molar-refractivity contribution is 7.90. The minimum absolute atomic E-state index is 0.274. The summed E-state index contributed by atoms with van der Waals surface area (Å²) >= 11 is 0. The number of rotatable bonds is 4. The molecule has 0 saturated carbocycles. The molecule has 3 aromatic rings. The lowest BCUT2D eigenvalue weighted by molar-refractivity contribution is 0.587. The molecule has 0 radical (unpaired) electrons. The van der Waals surface area contributed by atoms with Gasteiger partial charge in [-0.05, 0) is 36.3 Å². The molecule has 3 nitrogen and oxygen atoms in total. The van der Waals surface area contributed by atoms with Crippen LogP contribution < -0.4 is 0 Å². The first kappa shape index (κ1) is 15.3. The summed E-state index contributed by atoms with van der Waals surface area (Å²) in [6.45, 7) is 5.99. The summed E-state index contributed by atoms with van der Waals surface area (Å²) in [5.74, 6) is 0. The van der Waals surface area contributed by atoms with E-state index in [0.717, 1.165) is 22.3 Å². The molecule has 0 amide bonds. The van der Waals surface area contributed by atoms with Gasteiger partial charge in [-0.25, -0.2) is 12.4 Å². The van der Waals surface area contributed by atoms with E-state index in [4.69, 9.17) is 0 Å². The fourth-order valence-electron chi connectivity index (χ4n) is 2.34. The standard InChI is InChI=1S/C19H17NO2S/c1-15-8-10-19(11-9-15)23(21,22)20-13-12-18(14-20)16(2)17-6-4-3-5-7-17/h3-14H,2H2,1H3. The molecular formula is C19H17NO2S. The first-order valence-corrected chi connectivity index (χ1v) is 8.67. The molecule has 0 spiro atoms. The van der Waals surface area contributed by atoms with Crippen molar-refractivity contribution in [3.63, 3.8) is 0 Å². The summed E-state index contributed by atoms with van der Waals surface area (Å²) in [7, 11) is -3.58. The lowest BCUT2D eigenvalue weighted by Crippen LogP contribution is -2.10. The Balaban J connectivity index is 1.95. The lowest BCUT2D eigenvalue weighted by Gasteiger charge is -2.06. The molecule has 4 heteroatoms. The van der Waals surface area contributed by atoms with Crippen molar-refractivity contribution in [2.45, 2.75) is 11.8 Å². The van der Waals surface area contributed by atoms with E-state index < -0.39 is 10.0 Å². The quantitative estimate of drug-likeness (QED) is 0.725. The Labute approximate surface area is 136 Å². The molecule has 0 saturated heterocycles. The molecule has 0 fully saturated rings. The van der Waals surface area contributed by atoms with Crippen LogP contribution in [-0.4, -0.2) is 12.4 Å². The summed E-state index contributed by atoms with van der Waals surface area (Å²) in [6, 6.07) is 18.3. The highest BCUT2D eigenvalue weighted by atomic mass is 32.2. The summed E-state index contributed by atoms with van der Waals surface area (Å²) in [5, 5.41) is 0. The van der Waals surface area contributed by atoms with Crippen molar-refractivity contribution in [1.29, 1.82) is 0 Å². The Morgan fingerprint density at radius 1 is 0.913 bits per heavy atom. The van der Waals surface area contributed by atoms with Crippen LogP contribution in [0.25, 0.3) is 5.57 Å². The van der Waals surface area contributed by atoms with Crippen molar-refractivity contribution in [1.82, 2.24) is 3.97 Å². The second kappa shape index (κ2) is 5.89. The second-order valence-corrected chi connectivity index (χ2v) is 7.24. The van der Waals surface area contributed by atoms with Crippen LogP contribution in [0.1, 0.15) is 16.7 Å². The maximum atomic E-state index is 12.7. The van der Waals surface area contributed by atoms with Gasteiger partial charge in [-0.2, -0.15) is 0 Å². The number of nitrogens with zero attached hydrogens (tertiary/aromatic N) is 1. The Hall–Kier alpha value is -2.59. The highest BCUT2D eigenvalue weighted by Gasteiger charge is 2.17. The van der Waals surface area contributed by atoms with Crippen LogP contribution in [0.5, 0.6) is 0 Å². The fraction of sp³-hybridized carbons (Fsp3) is 0.0526. The van der Waals surface area contributed by atoms with Gasteiger partial charge in [0.05, 0.1) is 4.90 Å². The van der Waals surface area contributed by atoms with Crippen molar-refractivity contribution in [3.05, 3.63) is 96.3 Å². The van der Waals surface area contributed by atoms with E-state index >= 15 is 0 Å². The molecule has 116 valence electrons. The van der Waals surface area contributed by atoms with Crippen LogP contribution in [0.2, 0.25) is 0 Å². The first-order valence-electron chi connectivity index (χ1n) is 7.23. The average molecular weight is 323 g/mol. The Kier molecular flexibility index (Phi) is 3.92. The summed E-state index contributed by atoms with van der Waals surface area (Å²) in [5.41, 5.74) is 3.57. The number of aromatic nitrogens is 1. The Morgan fingerprint density at radius 3 is 2.22 bits per heavy atom. The normalized spacial score (nSPS) is 11.3. The van der Waals surface area contributed by atoms with E-state index in [0.29, 0.717) is 0 Å². The zero-order chi connectivity index (χ0) is 16.4. The van der Waals surface area contributed by atoms with Crippen molar-refractivity contribution in [2.75, 3.05) is 0 Å². The summed E-state index contributed by atoms with van der Waals surface area (Å²) < 4.78 is 26.5. The number of aryl methyl sites for hydroxylation is 1. The van der Waals surface area contributed by atoms with Gasteiger partial charge >= 0.3 is 0 Å². The largest absolute Gasteiger partial charge is 0.267 e. The van der Waals surface area contributed by atoms with Gasteiger partial charge < -0.3 is 0 Å². The summed E-state index contributed by atoms with van der Waals surface area (Å²) in [6.07, 6.45) is 3.16. The molecule has 3 rings (SSSR count). The molecule has 0 N–H and O–H groups in total. The monoisotopic (exact) mass is 323 g/mol. The van der Waals surface area contributed by atoms with Crippen LogP contribution in [0, 0.1) is 6.92 Å². The molecule has 0 aliphatic rings. The number of benzene rings is 2. The van der Waals surface area contributed by atoms with Gasteiger partial charge in [-0.1, -0.05) is 54.6 Å². The molecule has 0 atom stereocenters. The van der Waals surface area contributed by atoms with Crippen LogP contribution in [0.4, 0.5) is 0 Å². The molecule has 0 unspecified atom stereocenters. The molecule has 2 aromatic carbocycles. The molecular weight excluding hydrogens is 306 g/mol. The fourth-order valence-corrected chi connectivity index (χ4v) is 3.54. The predicted molar refractivity (Wildman–Crippen MR) is 92.8 cm³/mol. The third kappa shape index (κ3) is 2.98. The summed E-state index contributed by atoms with van der Waals surface area (Å²) in [4.78, 5) is 0.274. The Morgan fingerprint density at radius 2 is 1.57 bits per heavy atom. The number of hydrogen-bond acceptors (Lipinski definition) is 2. The highest BCUT2D eigenvalue weighted by Crippen LogP contribution is 2.23. The maximum Gasteiger partial charge on any atom is 0.267 e. The lowest BCUT2D eigenvalue weighted by atomic mass is 10.0. The van der Waals surface area contributed by atoms with Crippen molar-refractivity contribution < 1.29 is 8.42 Å². The van der Waals surface area contributed by atoms with Gasteiger partial charge in [0, 0.05) is 18.0 Å². The van der Waals surface area contributed by atoms with Crippen LogP contribution >= 0.6 is 0 Å². The molecule has 1 aromatic heterocycles. The van der Waals surface area contributed by atoms with E-state index in [2.05, 4.69) is 6.58 Å². The van der Waals surface area contributed by atoms with E-state index in [9.17, 15) is 8.42 Å². The van der Waals surface area contributed by atoms with Crippen molar-refractivity contribution in [2.24, 2.45) is 0 Å². The van der Waals surface area contributed by atoms with Gasteiger partial charge in [0.2, 0.25) is 0 Å². The third-order valence-corrected chi connectivity index (χ3v) is 5.38. The van der Waals surface area contributed by atoms with Crippen LogP contribution in [0.15, 0.2) is 84.5 Å². The van der Waals surface area contributed by atoms with Crippen LogP contribution in [0.3, 0.4) is 0 Å². The predicted octanol–water partition coefficient (Wildman–Crippen LogP) is 4.10. The molecule has 23 heavy (non-hydrogen) atoms. The third-order valence-electron chi connectivity index (χ3n) is 3.73. The first-order chi connectivity index (χ1) is 11.0. The van der Waals surface area contributed by atoms with E-state index in [1.807, 2.05) is 37.3 Å². The number of hydrogen-bond donors (Lipinski definition) is 0. The van der Waals surface area contributed by atoms with Gasteiger partial charge in [0.15, 0.2) is 0 Å². The van der Waals surface area contributed by atoms with Crippen molar-refractivity contribution in [3.8, 4) is 0 Å². The molecule has 0 bridgehead atoms. The zero-order valence-electron chi connectivity index (χ0n) is 12.8. The van der Waals surface area contributed by atoms with Gasteiger partial charge in [0.1, 0.15) is 0 Å². The minimum atomic E-state index is -3.58. The molecule has 0 aliphatic carbocycles. The molecule has 1 heterocycles. The zero-order valence-corrected chi connectivity index (χ0v) is 13.6. The van der Waals surface area contributed by atoms with E-state index in [-0.39, 0.29) is 4.90 Å².